The highest BCUT2D eigenvalue weighted by molar-refractivity contribution is 7.13. The maximum absolute atomic E-state index is 11.9. The number of carbonyl (C=O) groups excluding carboxylic acids is 2. The van der Waals surface area contributed by atoms with Crippen molar-refractivity contribution in [1.82, 2.24) is 15.6 Å². The first-order valence-corrected chi connectivity index (χ1v) is 10.5. The van der Waals surface area contributed by atoms with E-state index in [-0.39, 0.29) is 18.2 Å². The first-order chi connectivity index (χ1) is 13.1. The third kappa shape index (κ3) is 5.74. The van der Waals surface area contributed by atoms with Crippen LogP contribution in [0.25, 0.3) is 10.6 Å². The highest BCUT2D eigenvalue weighted by Gasteiger charge is 2.08. The van der Waals surface area contributed by atoms with Crippen molar-refractivity contribution in [2.45, 2.75) is 19.8 Å². The number of aromatic nitrogens is 1. The Morgan fingerprint density at radius 1 is 1.04 bits per heavy atom. The molecule has 0 bridgehead atoms. The maximum atomic E-state index is 11.9. The van der Waals surface area contributed by atoms with Gasteiger partial charge in [0.25, 0.3) is 5.91 Å². The number of aryl methyl sites for hydroxylation is 1. The summed E-state index contributed by atoms with van der Waals surface area (Å²) in [6.45, 7) is 2.93. The van der Waals surface area contributed by atoms with Crippen molar-refractivity contribution < 1.29 is 9.59 Å². The van der Waals surface area contributed by atoms with Crippen molar-refractivity contribution >= 4 is 34.5 Å². The first kappa shape index (κ1) is 19.3. The Balaban J connectivity index is 1.36. The number of thiazole rings is 1. The SMILES string of the molecule is Cc1ccc(-c2nc(CCNC(=O)CCNC(=O)c3cccs3)cs2)cc1. The van der Waals surface area contributed by atoms with E-state index in [0.29, 0.717) is 24.4 Å². The van der Waals surface area contributed by atoms with Gasteiger partial charge < -0.3 is 10.6 Å². The van der Waals surface area contributed by atoms with Gasteiger partial charge in [-0.15, -0.1) is 22.7 Å². The van der Waals surface area contributed by atoms with Gasteiger partial charge in [-0.25, -0.2) is 4.98 Å². The fourth-order valence-corrected chi connectivity index (χ4v) is 3.95. The van der Waals surface area contributed by atoms with E-state index in [1.807, 2.05) is 16.8 Å². The summed E-state index contributed by atoms with van der Waals surface area (Å²) in [7, 11) is 0. The van der Waals surface area contributed by atoms with Gasteiger partial charge in [0, 0.05) is 36.9 Å². The van der Waals surface area contributed by atoms with Crippen LogP contribution in [0.15, 0.2) is 47.2 Å². The van der Waals surface area contributed by atoms with E-state index in [1.54, 1.807) is 17.4 Å². The van der Waals surface area contributed by atoms with Crippen LogP contribution in [-0.4, -0.2) is 29.9 Å². The van der Waals surface area contributed by atoms with Crippen molar-refractivity contribution in [3.05, 3.63) is 63.3 Å². The summed E-state index contributed by atoms with van der Waals surface area (Å²) < 4.78 is 0. The molecular weight excluding hydrogens is 378 g/mol. The molecule has 0 fully saturated rings. The average molecular weight is 400 g/mol. The zero-order chi connectivity index (χ0) is 19.1. The Morgan fingerprint density at radius 3 is 2.59 bits per heavy atom. The van der Waals surface area contributed by atoms with Crippen LogP contribution in [0.3, 0.4) is 0 Å². The van der Waals surface area contributed by atoms with Crippen molar-refractivity contribution in [3.63, 3.8) is 0 Å². The van der Waals surface area contributed by atoms with Gasteiger partial charge in [-0.3, -0.25) is 9.59 Å². The number of amides is 2. The molecule has 0 radical (unpaired) electrons. The molecule has 140 valence electrons. The lowest BCUT2D eigenvalue weighted by molar-refractivity contribution is -0.120. The average Bonchev–Trinajstić information content (AvgIpc) is 3.34. The molecule has 1 aromatic carbocycles. The van der Waals surface area contributed by atoms with Gasteiger partial charge in [-0.05, 0) is 18.4 Å². The predicted octanol–water partition coefficient (Wildman–Crippen LogP) is 3.66. The summed E-state index contributed by atoms with van der Waals surface area (Å²) in [6, 6.07) is 11.9. The van der Waals surface area contributed by atoms with Gasteiger partial charge in [0.15, 0.2) is 0 Å². The lowest BCUT2D eigenvalue weighted by atomic mass is 10.2. The van der Waals surface area contributed by atoms with Crippen molar-refractivity contribution in [2.24, 2.45) is 0 Å². The Kier molecular flexibility index (Phi) is 6.73. The Bertz CT molecular complexity index is 886. The third-order valence-electron chi connectivity index (χ3n) is 3.94. The molecule has 3 aromatic rings. The lowest BCUT2D eigenvalue weighted by Crippen LogP contribution is -2.31. The zero-order valence-corrected chi connectivity index (χ0v) is 16.7. The Hall–Kier alpha value is -2.51. The molecule has 0 saturated carbocycles. The number of hydrogen-bond acceptors (Lipinski definition) is 5. The molecule has 27 heavy (non-hydrogen) atoms. The molecule has 2 N–H and O–H groups in total. The van der Waals surface area contributed by atoms with E-state index >= 15 is 0 Å². The molecule has 2 amide bonds. The minimum Gasteiger partial charge on any atom is -0.356 e. The van der Waals surface area contributed by atoms with E-state index in [4.69, 9.17) is 0 Å². The number of nitrogens with zero attached hydrogens (tertiary/aromatic N) is 1. The maximum Gasteiger partial charge on any atom is 0.261 e. The fraction of sp³-hybridized carbons (Fsp3) is 0.250. The minimum absolute atomic E-state index is 0.0736. The van der Waals surface area contributed by atoms with Gasteiger partial charge in [0.2, 0.25) is 5.91 Å². The normalized spacial score (nSPS) is 10.6. The standard InChI is InChI=1S/C20H21N3O2S2/c1-14-4-6-15(7-5-14)20-23-16(13-27-20)8-10-21-18(24)9-11-22-19(25)17-3-2-12-26-17/h2-7,12-13H,8-11H2,1H3,(H,21,24)(H,22,25). The van der Waals surface area contributed by atoms with Crippen LogP contribution in [0.5, 0.6) is 0 Å². The Labute approximate surface area is 166 Å². The van der Waals surface area contributed by atoms with Crippen LogP contribution in [-0.2, 0) is 11.2 Å². The second-order valence-electron chi connectivity index (χ2n) is 6.09. The second kappa shape index (κ2) is 9.43. The van der Waals surface area contributed by atoms with Crippen molar-refractivity contribution in [1.29, 1.82) is 0 Å². The minimum atomic E-state index is -0.135. The van der Waals surface area contributed by atoms with Gasteiger partial charge in [0.05, 0.1) is 10.6 Å². The molecule has 5 nitrogen and oxygen atoms in total. The van der Waals surface area contributed by atoms with Crippen LogP contribution in [0.1, 0.15) is 27.3 Å². The van der Waals surface area contributed by atoms with Crippen LogP contribution in [0.2, 0.25) is 0 Å². The summed E-state index contributed by atoms with van der Waals surface area (Å²) in [5.74, 6) is -0.209. The van der Waals surface area contributed by atoms with Gasteiger partial charge >= 0.3 is 0 Å². The molecule has 0 aliphatic rings. The van der Waals surface area contributed by atoms with Crippen LogP contribution in [0, 0.1) is 6.92 Å². The lowest BCUT2D eigenvalue weighted by Gasteiger charge is -2.05. The van der Waals surface area contributed by atoms with E-state index in [0.717, 1.165) is 16.3 Å². The molecule has 0 aliphatic heterocycles. The monoisotopic (exact) mass is 399 g/mol. The number of hydrogen-bond donors (Lipinski definition) is 2. The summed E-state index contributed by atoms with van der Waals surface area (Å²) in [5, 5.41) is 10.5. The molecule has 0 spiro atoms. The van der Waals surface area contributed by atoms with E-state index in [9.17, 15) is 9.59 Å². The molecule has 7 heteroatoms. The summed E-state index contributed by atoms with van der Waals surface area (Å²) in [5.41, 5.74) is 3.31. The number of nitrogens with one attached hydrogen (secondary N) is 2. The van der Waals surface area contributed by atoms with Gasteiger partial charge in [-0.1, -0.05) is 35.9 Å². The molecule has 0 atom stereocenters. The summed E-state index contributed by atoms with van der Waals surface area (Å²) >= 11 is 3.00. The molecule has 0 unspecified atom stereocenters. The van der Waals surface area contributed by atoms with E-state index in [2.05, 4.69) is 46.8 Å². The zero-order valence-electron chi connectivity index (χ0n) is 15.0. The van der Waals surface area contributed by atoms with E-state index in [1.165, 1.54) is 16.9 Å². The van der Waals surface area contributed by atoms with Crippen LogP contribution in [0.4, 0.5) is 0 Å². The quantitative estimate of drug-likeness (QED) is 0.607. The van der Waals surface area contributed by atoms with Crippen LogP contribution >= 0.6 is 22.7 Å². The van der Waals surface area contributed by atoms with E-state index < -0.39 is 0 Å². The van der Waals surface area contributed by atoms with Crippen molar-refractivity contribution in [2.75, 3.05) is 13.1 Å². The third-order valence-corrected chi connectivity index (χ3v) is 5.74. The highest BCUT2D eigenvalue weighted by atomic mass is 32.1. The molecular formula is C20H21N3O2S2. The number of carbonyl (C=O) groups is 2. The number of benzene rings is 1. The summed E-state index contributed by atoms with van der Waals surface area (Å²) in [4.78, 5) is 29.0. The fourth-order valence-electron chi connectivity index (χ4n) is 2.45. The number of rotatable bonds is 8. The van der Waals surface area contributed by atoms with Gasteiger partial charge in [0.1, 0.15) is 5.01 Å². The molecule has 2 heterocycles. The number of thiophene rings is 1. The molecule has 0 saturated heterocycles. The van der Waals surface area contributed by atoms with Crippen LogP contribution < -0.4 is 10.6 Å². The topological polar surface area (TPSA) is 71.1 Å². The molecule has 3 rings (SSSR count). The predicted molar refractivity (Wildman–Crippen MR) is 110 cm³/mol. The second-order valence-corrected chi connectivity index (χ2v) is 7.90. The van der Waals surface area contributed by atoms with Crippen molar-refractivity contribution in [3.8, 4) is 10.6 Å². The highest BCUT2D eigenvalue weighted by Crippen LogP contribution is 2.24. The largest absolute Gasteiger partial charge is 0.356 e. The smallest absolute Gasteiger partial charge is 0.261 e. The summed E-state index contributed by atoms with van der Waals surface area (Å²) in [6.07, 6.45) is 0.957. The Morgan fingerprint density at radius 2 is 1.85 bits per heavy atom. The first-order valence-electron chi connectivity index (χ1n) is 8.71. The molecule has 0 aliphatic carbocycles. The van der Waals surface area contributed by atoms with Gasteiger partial charge in [-0.2, -0.15) is 0 Å². The molecule has 2 aromatic heterocycles.